The number of thiazole rings is 1. The fourth-order valence-corrected chi connectivity index (χ4v) is 7.31. The van der Waals surface area contributed by atoms with Crippen molar-refractivity contribution in [3.05, 3.63) is 52.0 Å². The Morgan fingerprint density at radius 1 is 1.02 bits per heavy atom. The number of rotatable bonds is 17. The van der Waals surface area contributed by atoms with Crippen LogP contribution in [0.3, 0.4) is 0 Å². The minimum atomic E-state index is -0.945. The summed E-state index contributed by atoms with van der Waals surface area (Å²) in [5, 5.41) is 17.5. The van der Waals surface area contributed by atoms with Crippen LogP contribution in [0.2, 0.25) is 0 Å². The van der Waals surface area contributed by atoms with Crippen LogP contribution in [0.1, 0.15) is 101 Å². The van der Waals surface area contributed by atoms with Gasteiger partial charge in [-0.15, -0.1) is 11.3 Å². The van der Waals surface area contributed by atoms with E-state index in [0.717, 1.165) is 31.4 Å². The van der Waals surface area contributed by atoms with Gasteiger partial charge in [-0.05, 0) is 56.7 Å². The Morgan fingerprint density at radius 2 is 1.70 bits per heavy atom. The van der Waals surface area contributed by atoms with Crippen molar-refractivity contribution >= 4 is 41.0 Å². The lowest BCUT2D eigenvalue weighted by atomic mass is 9.94. The number of hydrogen-bond acceptors (Lipinski definition) is 9. The van der Waals surface area contributed by atoms with Gasteiger partial charge in [0.2, 0.25) is 11.8 Å². The van der Waals surface area contributed by atoms with Crippen LogP contribution in [0.4, 0.5) is 0 Å². The van der Waals surface area contributed by atoms with Crippen molar-refractivity contribution < 1.29 is 33.8 Å². The van der Waals surface area contributed by atoms with Crippen molar-refractivity contribution in [2.45, 2.75) is 110 Å². The largest absolute Gasteiger partial charge is 0.481 e. The third-order valence-electron chi connectivity index (χ3n) is 9.43. The van der Waals surface area contributed by atoms with Gasteiger partial charge in [0.15, 0.2) is 6.10 Å². The van der Waals surface area contributed by atoms with E-state index in [4.69, 9.17) is 4.74 Å². The molecule has 0 aliphatic carbocycles. The zero-order valence-corrected chi connectivity index (χ0v) is 31.5. The Balaban J connectivity index is 1.79. The highest BCUT2D eigenvalue weighted by Gasteiger charge is 2.37. The van der Waals surface area contributed by atoms with Crippen molar-refractivity contribution in [3.8, 4) is 0 Å². The molecule has 50 heavy (non-hydrogen) atoms. The molecule has 1 saturated heterocycles. The summed E-state index contributed by atoms with van der Waals surface area (Å²) < 4.78 is 5.74. The number of likely N-dealkylation sites (N-methyl/N-ethyl adjacent to an activating group) is 2. The first-order chi connectivity index (χ1) is 23.6. The minimum Gasteiger partial charge on any atom is -0.481 e. The van der Waals surface area contributed by atoms with Gasteiger partial charge in [0.25, 0.3) is 5.91 Å². The average Bonchev–Trinajstić information content (AvgIpc) is 3.55. The van der Waals surface area contributed by atoms with Gasteiger partial charge in [-0.2, -0.15) is 0 Å². The molecule has 1 aromatic heterocycles. The molecule has 3 rings (SSSR count). The van der Waals surface area contributed by atoms with E-state index in [-0.39, 0.29) is 48.2 Å². The smallest absolute Gasteiger partial charge is 0.306 e. The summed E-state index contributed by atoms with van der Waals surface area (Å²) >= 11 is 1.18. The fourth-order valence-electron chi connectivity index (χ4n) is 6.47. The van der Waals surface area contributed by atoms with Crippen LogP contribution < -0.4 is 10.6 Å². The Labute approximate surface area is 300 Å². The lowest BCUT2D eigenvalue weighted by Crippen LogP contribution is -2.57. The molecule has 1 fully saturated rings. The number of carbonyl (C=O) groups excluding carboxylic acids is 4. The summed E-state index contributed by atoms with van der Waals surface area (Å²) in [5.74, 6) is -3.19. The molecule has 0 saturated carbocycles. The first kappa shape index (κ1) is 40.6. The van der Waals surface area contributed by atoms with E-state index in [2.05, 4.69) is 15.6 Å². The number of aliphatic carboxylic acids is 1. The van der Waals surface area contributed by atoms with Gasteiger partial charge < -0.3 is 25.4 Å². The van der Waals surface area contributed by atoms with Crippen LogP contribution in [-0.4, -0.2) is 94.4 Å². The number of piperidine rings is 1. The van der Waals surface area contributed by atoms with Gasteiger partial charge in [0.05, 0.1) is 12.0 Å². The Kier molecular flexibility index (Phi) is 15.4. The summed E-state index contributed by atoms with van der Waals surface area (Å²) in [6.07, 6.45) is 2.83. The highest BCUT2D eigenvalue weighted by Crippen LogP contribution is 2.31. The molecule has 0 radical (unpaired) electrons. The number of benzene rings is 1. The van der Waals surface area contributed by atoms with Crippen LogP contribution in [0.5, 0.6) is 0 Å². The topological polar surface area (TPSA) is 158 Å². The highest BCUT2D eigenvalue weighted by molar-refractivity contribution is 7.09. The standard InChI is InChI=1S/C37H55N5O7S/c1-22(2)30(42(8)36(46)32(23(3)4)40-34(45)29-16-12-13-17-41(29)7)20-31(49-25(6)43)35-39-28(21-50-35)33(44)38-27(18-24(5)37(47)48)19-26-14-10-9-11-15-26/h9-11,14-15,21-24,27,29-32H,12-13,16-20H2,1-8H3,(H,38,44)(H,40,45)(H,47,48)/t24?,27?,29-,30?,31?,32?/m1/s1. The highest BCUT2D eigenvalue weighted by atomic mass is 32.1. The zero-order valence-electron chi connectivity index (χ0n) is 30.7. The van der Waals surface area contributed by atoms with Crippen molar-refractivity contribution in [1.29, 1.82) is 0 Å². The number of ether oxygens (including phenoxy) is 1. The van der Waals surface area contributed by atoms with Gasteiger partial charge in [-0.3, -0.25) is 28.9 Å². The molecule has 2 aromatic rings. The molecule has 3 amide bonds. The Bertz CT molecular complexity index is 1450. The maximum absolute atomic E-state index is 14.0. The number of esters is 1. The summed E-state index contributed by atoms with van der Waals surface area (Å²) in [7, 11) is 3.64. The van der Waals surface area contributed by atoms with E-state index in [1.54, 1.807) is 24.3 Å². The van der Waals surface area contributed by atoms with Gasteiger partial charge in [-0.25, -0.2) is 4.98 Å². The van der Waals surface area contributed by atoms with Crippen molar-refractivity contribution in [2.24, 2.45) is 17.8 Å². The summed E-state index contributed by atoms with van der Waals surface area (Å²) in [6, 6.07) is 7.66. The SMILES string of the molecule is CC(=O)OC(CC(C(C)C)N(C)C(=O)C(NC(=O)[C@H]1CCCCN1C)C(C)C)c1nc(C(=O)NC(Cc2ccccc2)CC(C)C(=O)O)cs1. The molecule has 6 atom stereocenters. The van der Waals surface area contributed by atoms with Crippen LogP contribution in [0.25, 0.3) is 0 Å². The van der Waals surface area contributed by atoms with E-state index in [9.17, 15) is 29.1 Å². The van der Waals surface area contributed by atoms with Gasteiger partial charge in [0, 0.05) is 37.9 Å². The Morgan fingerprint density at radius 3 is 2.28 bits per heavy atom. The third-order valence-corrected chi connectivity index (χ3v) is 10.4. The molecular formula is C37H55N5O7S. The molecule has 12 nitrogen and oxygen atoms in total. The molecule has 1 aromatic carbocycles. The molecular weight excluding hydrogens is 659 g/mol. The van der Waals surface area contributed by atoms with Gasteiger partial charge >= 0.3 is 11.9 Å². The van der Waals surface area contributed by atoms with E-state index in [1.807, 2.05) is 70.0 Å². The first-order valence-corrected chi connectivity index (χ1v) is 18.4. The van der Waals surface area contributed by atoms with Crippen molar-refractivity contribution in [2.75, 3.05) is 20.6 Å². The maximum atomic E-state index is 14.0. The number of carboxylic acids is 1. The quantitative estimate of drug-likeness (QED) is 0.198. The molecule has 13 heteroatoms. The number of carbonyl (C=O) groups is 5. The van der Waals surface area contributed by atoms with Crippen LogP contribution >= 0.6 is 11.3 Å². The number of carboxylic acid groups (broad SMARTS) is 1. The van der Waals surface area contributed by atoms with E-state index < -0.39 is 48.0 Å². The number of nitrogens with one attached hydrogen (secondary N) is 2. The van der Waals surface area contributed by atoms with E-state index >= 15 is 0 Å². The summed E-state index contributed by atoms with van der Waals surface area (Å²) in [6.45, 7) is 11.5. The molecule has 276 valence electrons. The first-order valence-electron chi connectivity index (χ1n) is 17.6. The second-order valence-electron chi connectivity index (χ2n) is 14.2. The second kappa shape index (κ2) is 19.0. The zero-order chi connectivity index (χ0) is 37.1. The van der Waals surface area contributed by atoms with E-state index in [1.165, 1.54) is 18.3 Å². The summed E-state index contributed by atoms with van der Waals surface area (Å²) in [4.78, 5) is 72.9. The number of aromatic nitrogens is 1. The van der Waals surface area contributed by atoms with Crippen LogP contribution in [0.15, 0.2) is 35.7 Å². The van der Waals surface area contributed by atoms with Crippen molar-refractivity contribution in [3.63, 3.8) is 0 Å². The maximum Gasteiger partial charge on any atom is 0.306 e. The molecule has 0 spiro atoms. The molecule has 1 aliphatic heterocycles. The Hall–Kier alpha value is -3.84. The lowest BCUT2D eigenvalue weighted by molar-refractivity contribution is -0.149. The lowest BCUT2D eigenvalue weighted by Gasteiger charge is -2.37. The van der Waals surface area contributed by atoms with Gasteiger partial charge in [0.1, 0.15) is 16.7 Å². The number of amides is 3. The number of hydrogen-bond donors (Lipinski definition) is 3. The predicted molar refractivity (Wildman–Crippen MR) is 192 cm³/mol. The molecule has 2 heterocycles. The van der Waals surface area contributed by atoms with Crippen LogP contribution in [0, 0.1) is 17.8 Å². The number of nitrogens with zero attached hydrogens (tertiary/aromatic N) is 3. The molecule has 5 unspecified atom stereocenters. The minimum absolute atomic E-state index is 0.0484. The predicted octanol–water partition coefficient (Wildman–Crippen LogP) is 4.70. The monoisotopic (exact) mass is 713 g/mol. The van der Waals surface area contributed by atoms with Crippen LogP contribution in [-0.2, 0) is 30.3 Å². The van der Waals surface area contributed by atoms with Gasteiger partial charge in [-0.1, -0.05) is 71.4 Å². The second-order valence-corrected chi connectivity index (χ2v) is 15.1. The number of likely N-dealkylation sites (tertiary alicyclic amines) is 1. The normalized spacial score (nSPS) is 18.1. The van der Waals surface area contributed by atoms with E-state index in [0.29, 0.717) is 11.4 Å². The fraction of sp³-hybridized carbons (Fsp3) is 0.622. The summed E-state index contributed by atoms with van der Waals surface area (Å²) in [5.41, 5.74) is 1.09. The molecule has 1 aliphatic rings. The average molecular weight is 714 g/mol. The molecule has 3 N–H and O–H groups in total. The van der Waals surface area contributed by atoms with Crippen molar-refractivity contribution in [1.82, 2.24) is 25.4 Å². The molecule has 0 bridgehead atoms. The third kappa shape index (κ3) is 11.6.